The van der Waals surface area contributed by atoms with Gasteiger partial charge in [-0.3, -0.25) is 4.79 Å². The number of hydrogen-bond acceptors (Lipinski definition) is 5. The van der Waals surface area contributed by atoms with E-state index in [4.69, 9.17) is 9.47 Å². The van der Waals surface area contributed by atoms with Gasteiger partial charge >= 0.3 is 0 Å². The molecule has 0 aliphatic heterocycles. The van der Waals surface area contributed by atoms with E-state index in [0.717, 1.165) is 0 Å². The van der Waals surface area contributed by atoms with Crippen molar-refractivity contribution >= 4 is 28.1 Å². The Morgan fingerprint density at radius 3 is 2.43 bits per heavy atom. The van der Waals surface area contributed by atoms with Crippen molar-refractivity contribution in [1.29, 1.82) is 0 Å². The van der Waals surface area contributed by atoms with Crippen molar-refractivity contribution < 1.29 is 19.4 Å². The Morgan fingerprint density at radius 1 is 1.17 bits per heavy atom. The minimum Gasteiger partial charge on any atom is -0.506 e. The fraction of sp³-hybridized carbons (Fsp3) is 0.125. The second-order valence-corrected chi connectivity index (χ2v) is 5.33. The molecule has 6 nitrogen and oxygen atoms in total. The van der Waals surface area contributed by atoms with Crippen molar-refractivity contribution in [2.24, 2.45) is 5.10 Å². The first kappa shape index (κ1) is 16.8. The van der Waals surface area contributed by atoms with Crippen LogP contribution in [0.5, 0.6) is 17.2 Å². The number of benzene rings is 2. The standard InChI is InChI=1S/C16H15BrN2O4/c1-22-12-5-3-10(4-6-12)16(21)19-18-9-11-7-13(23-2)8-14(17)15(11)20/h3-9,20H,1-2H3,(H,19,21)/b18-9-. The molecule has 2 N–H and O–H groups in total. The van der Waals surface area contributed by atoms with E-state index < -0.39 is 0 Å². The summed E-state index contributed by atoms with van der Waals surface area (Å²) in [5.74, 6) is 0.854. The Labute approximate surface area is 141 Å². The van der Waals surface area contributed by atoms with Crippen molar-refractivity contribution in [3.8, 4) is 17.2 Å². The van der Waals surface area contributed by atoms with E-state index in [1.165, 1.54) is 13.3 Å². The highest BCUT2D eigenvalue weighted by atomic mass is 79.9. The molecule has 0 saturated carbocycles. The highest BCUT2D eigenvalue weighted by Gasteiger charge is 2.08. The molecule has 23 heavy (non-hydrogen) atoms. The first-order chi connectivity index (χ1) is 11.0. The third-order valence-corrected chi connectivity index (χ3v) is 3.63. The SMILES string of the molecule is COc1ccc(C(=O)N/N=C\c2cc(OC)cc(Br)c2O)cc1. The molecule has 7 heteroatoms. The first-order valence-corrected chi connectivity index (χ1v) is 7.38. The summed E-state index contributed by atoms with van der Waals surface area (Å²) in [5.41, 5.74) is 3.24. The van der Waals surface area contributed by atoms with Crippen LogP contribution in [-0.2, 0) is 0 Å². The summed E-state index contributed by atoms with van der Waals surface area (Å²) < 4.78 is 10.6. The van der Waals surface area contributed by atoms with E-state index in [0.29, 0.717) is 27.1 Å². The number of nitrogens with zero attached hydrogens (tertiary/aromatic N) is 1. The minimum absolute atomic E-state index is 0.00764. The molecule has 0 heterocycles. The summed E-state index contributed by atoms with van der Waals surface area (Å²) in [6.45, 7) is 0. The van der Waals surface area contributed by atoms with E-state index >= 15 is 0 Å². The van der Waals surface area contributed by atoms with Crippen molar-refractivity contribution in [2.75, 3.05) is 14.2 Å². The van der Waals surface area contributed by atoms with E-state index in [-0.39, 0.29) is 11.7 Å². The fourth-order valence-electron chi connectivity index (χ4n) is 1.78. The Balaban J connectivity index is 2.09. The maximum atomic E-state index is 11.9. The third kappa shape index (κ3) is 4.23. The molecule has 120 valence electrons. The fourth-order valence-corrected chi connectivity index (χ4v) is 2.23. The predicted molar refractivity (Wildman–Crippen MR) is 90.4 cm³/mol. The largest absolute Gasteiger partial charge is 0.506 e. The maximum Gasteiger partial charge on any atom is 0.271 e. The maximum absolute atomic E-state index is 11.9. The molecule has 0 bridgehead atoms. The Hall–Kier alpha value is -2.54. The number of aromatic hydroxyl groups is 1. The summed E-state index contributed by atoms with van der Waals surface area (Å²) in [5, 5.41) is 13.8. The van der Waals surface area contributed by atoms with E-state index in [2.05, 4.69) is 26.5 Å². The van der Waals surface area contributed by atoms with Crippen LogP contribution in [0.1, 0.15) is 15.9 Å². The number of nitrogens with one attached hydrogen (secondary N) is 1. The molecule has 0 aliphatic rings. The molecule has 0 fully saturated rings. The van der Waals surface area contributed by atoms with Crippen LogP contribution in [0.15, 0.2) is 46.0 Å². The van der Waals surface area contributed by atoms with Gasteiger partial charge < -0.3 is 14.6 Å². The number of hydrogen-bond donors (Lipinski definition) is 2. The monoisotopic (exact) mass is 378 g/mol. The molecular formula is C16H15BrN2O4. The van der Waals surface area contributed by atoms with Crippen molar-refractivity contribution in [3.05, 3.63) is 52.0 Å². The lowest BCUT2D eigenvalue weighted by Crippen LogP contribution is -2.17. The highest BCUT2D eigenvalue weighted by Crippen LogP contribution is 2.31. The quantitative estimate of drug-likeness (QED) is 0.619. The van der Waals surface area contributed by atoms with Crippen LogP contribution in [0.4, 0.5) is 0 Å². The number of amides is 1. The van der Waals surface area contributed by atoms with Crippen LogP contribution in [0.25, 0.3) is 0 Å². The molecule has 2 aromatic rings. The number of halogens is 1. The average molecular weight is 379 g/mol. The predicted octanol–water partition coefficient (Wildman–Crippen LogP) is 2.94. The lowest BCUT2D eigenvalue weighted by Gasteiger charge is -2.06. The second kappa shape index (κ2) is 7.64. The van der Waals surface area contributed by atoms with Crippen molar-refractivity contribution in [1.82, 2.24) is 5.43 Å². The molecule has 0 atom stereocenters. The van der Waals surface area contributed by atoms with Gasteiger partial charge in [-0.1, -0.05) is 0 Å². The number of methoxy groups -OCH3 is 2. The summed E-state index contributed by atoms with van der Waals surface area (Å²) in [6.07, 6.45) is 1.34. The zero-order valence-corrected chi connectivity index (χ0v) is 14.1. The Bertz CT molecular complexity index is 730. The third-order valence-electron chi connectivity index (χ3n) is 3.02. The number of ether oxygens (including phenoxy) is 2. The number of rotatable bonds is 5. The molecular weight excluding hydrogens is 364 g/mol. The molecule has 0 aliphatic carbocycles. The Morgan fingerprint density at radius 2 is 1.83 bits per heavy atom. The molecule has 1 amide bonds. The van der Waals surface area contributed by atoms with E-state index in [1.807, 2.05) is 0 Å². The van der Waals surface area contributed by atoms with Gasteiger partial charge in [0.05, 0.1) is 24.9 Å². The minimum atomic E-state index is -0.370. The number of phenolic OH excluding ortho intramolecular Hbond substituents is 1. The molecule has 0 radical (unpaired) electrons. The molecule has 0 unspecified atom stereocenters. The van der Waals surface area contributed by atoms with Crippen LogP contribution in [0.3, 0.4) is 0 Å². The lowest BCUT2D eigenvalue weighted by atomic mass is 10.2. The first-order valence-electron chi connectivity index (χ1n) is 6.59. The van der Waals surface area contributed by atoms with Gasteiger partial charge in [0.1, 0.15) is 17.2 Å². The lowest BCUT2D eigenvalue weighted by molar-refractivity contribution is 0.0955. The van der Waals surface area contributed by atoms with Crippen LogP contribution in [-0.4, -0.2) is 31.4 Å². The average Bonchev–Trinajstić information content (AvgIpc) is 2.58. The van der Waals surface area contributed by atoms with Crippen LogP contribution < -0.4 is 14.9 Å². The van der Waals surface area contributed by atoms with Crippen molar-refractivity contribution in [3.63, 3.8) is 0 Å². The van der Waals surface area contributed by atoms with Gasteiger partial charge in [-0.15, -0.1) is 0 Å². The van der Waals surface area contributed by atoms with Gasteiger partial charge in [-0.05, 0) is 52.3 Å². The molecule has 0 aromatic heterocycles. The van der Waals surface area contributed by atoms with E-state index in [9.17, 15) is 9.90 Å². The normalized spacial score (nSPS) is 10.6. The highest BCUT2D eigenvalue weighted by molar-refractivity contribution is 9.10. The smallest absolute Gasteiger partial charge is 0.271 e. The van der Waals surface area contributed by atoms with Crippen LogP contribution >= 0.6 is 15.9 Å². The summed E-state index contributed by atoms with van der Waals surface area (Å²) in [4.78, 5) is 11.9. The zero-order valence-electron chi connectivity index (χ0n) is 12.5. The van der Waals surface area contributed by atoms with Gasteiger partial charge in [0, 0.05) is 11.1 Å². The summed E-state index contributed by atoms with van der Waals surface area (Å²) in [6, 6.07) is 9.85. The number of carbonyl (C=O) groups excluding carboxylic acids is 1. The summed E-state index contributed by atoms with van der Waals surface area (Å²) >= 11 is 3.22. The summed E-state index contributed by atoms with van der Waals surface area (Å²) in [7, 11) is 3.07. The van der Waals surface area contributed by atoms with Crippen LogP contribution in [0, 0.1) is 0 Å². The molecule has 2 rings (SSSR count). The molecule has 2 aromatic carbocycles. The van der Waals surface area contributed by atoms with Gasteiger partial charge in [0.25, 0.3) is 5.91 Å². The zero-order chi connectivity index (χ0) is 16.8. The van der Waals surface area contributed by atoms with E-state index in [1.54, 1.807) is 43.5 Å². The number of carbonyl (C=O) groups is 1. The van der Waals surface area contributed by atoms with Gasteiger partial charge in [-0.25, -0.2) is 5.43 Å². The number of hydrazone groups is 1. The van der Waals surface area contributed by atoms with Gasteiger partial charge in [-0.2, -0.15) is 5.10 Å². The topological polar surface area (TPSA) is 80.2 Å². The van der Waals surface area contributed by atoms with Gasteiger partial charge in [0.2, 0.25) is 0 Å². The second-order valence-electron chi connectivity index (χ2n) is 4.47. The van der Waals surface area contributed by atoms with Crippen molar-refractivity contribution in [2.45, 2.75) is 0 Å². The number of phenols is 1. The van der Waals surface area contributed by atoms with Crippen LogP contribution in [0.2, 0.25) is 0 Å². The Kier molecular flexibility index (Phi) is 5.59. The molecule has 0 spiro atoms. The van der Waals surface area contributed by atoms with Gasteiger partial charge in [0.15, 0.2) is 0 Å². The molecule has 0 saturated heterocycles.